The molecular formula is C15H24N2O2S. The summed E-state index contributed by atoms with van der Waals surface area (Å²) in [4.78, 5) is 11.7. The molecule has 4 nitrogen and oxygen atoms in total. The van der Waals surface area contributed by atoms with E-state index in [1.165, 1.54) is 6.42 Å². The van der Waals surface area contributed by atoms with Crippen molar-refractivity contribution < 1.29 is 9.53 Å². The van der Waals surface area contributed by atoms with Crippen LogP contribution in [0.25, 0.3) is 0 Å². The number of unbranched alkanes of at least 4 members (excludes halogenated alkanes) is 2. The number of rotatable bonds is 11. The number of hydrogen-bond acceptors (Lipinski definition) is 5. The van der Waals surface area contributed by atoms with Crippen LogP contribution in [0.1, 0.15) is 36.0 Å². The summed E-state index contributed by atoms with van der Waals surface area (Å²) in [5, 5.41) is 0. The Morgan fingerprint density at radius 3 is 2.95 bits per heavy atom. The van der Waals surface area contributed by atoms with Crippen molar-refractivity contribution in [1.29, 1.82) is 0 Å². The fourth-order valence-electron chi connectivity index (χ4n) is 1.76. The summed E-state index contributed by atoms with van der Waals surface area (Å²) in [6, 6.07) is 7.58. The Bertz CT molecular complexity index is 399. The van der Waals surface area contributed by atoms with Gasteiger partial charge in [0.1, 0.15) is 0 Å². The summed E-state index contributed by atoms with van der Waals surface area (Å²) in [7, 11) is 1.73. The van der Waals surface area contributed by atoms with E-state index in [0.717, 1.165) is 36.5 Å². The first kappa shape index (κ1) is 17.0. The highest BCUT2D eigenvalue weighted by Crippen LogP contribution is 2.17. The zero-order valence-electron chi connectivity index (χ0n) is 12.1. The van der Waals surface area contributed by atoms with Crippen molar-refractivity contribution in [3.8, 4) is 0 Å². The van der Waals surface area contributed by atoms with Crippen molar-refractivity contribution in [3.05, 3.63) is 29.8 Å². The predicted octanol–water partition coefficient (Wildman–Crippen LogP) is 3.09. The van der Waals surface area contributed by atoms with E-state index >= 15 is 0 Å². The third-order valence-corrected chi connectivity index (χ3v) is 3.71. The summed E-state index contributed by atoms with van der Waals surface area (Å²) < 4.78 is 8.28. The van der Waals surface area contributed by atoms with Gasteiger partial charge in [-0.05, 0) is 31.5 Å². The molecule has 0 unspecified atom stereocenters. The summed E-state index contributed by atoms with van der Waals surface area (Å²) >= 11 is 1.67. The minimum atomic E-state index is 0.0979. The van der Waals surface area contributed by atoms with E-state index in [0.29, 0.717) is 13.0 Å². The number of carbonyl (C=O) groups excluding carboxylic acids is 1. The number of benzene rings is 1. The summed E-state index contributed by atoms with van der Waals surface area (Å²) in [5.41, 5.74) is 7.09. The van der Waals surface area contributed by atoms with Crippen molar-refractivity contribution in [2.45, 2.75) is 25.7 Å². The van der Waals surface area contributed by atoms with Crippen LogP contribution in [-0.4, -0.2) is 31.8 Å². The van der Waals surface area contributed by atoms with Gasteiger partial charge >= 0.3 is 0 Å². The maximum Gasteiger partial charge on any atom is 0.164 e. The Morgan fingerprint density at radius 2 is 2.20 bits per heavy atom. The second-order valence-electron chi connectivity index (χ2n) is 4.55. The lowest BCUT2D eigenvalue weighted by molar-refractivity contribution is 0.0985. The molecule has 0 saturated carbocycles. The molecule has 0 aliphatic carbocycles. The van der Waals surface area contributed by atoms with Gasteiger partial charge in [0.05, 0.1) is 0 Å². The monoisotopic (exact) mass is 296 g/mol. The highest BCUT2D eigenvalue weighted by Gasteiger charge is 2.05. The molecule has 0 heterocycles. The minimum Gasteiger partial charge on any atom is -0.385 e. The number of nitrogens with two attached hydrogens (primary N) is 1. The highest BCUT2D eigenvalue weighted by molar-refractivity contribution is 8.00. The molecule has 0 aromatic heterocycles. The molecule has 0 fully saturated rings. The van der Waals surface area contributed by atoms with Gasteiger partial charge in [-0.1, -0.05) is 30.5 Å². The van der Waals surface area contributed by atoms with Gasteiger partial charge in [0, 0.05) is 37.1 Å². The van der Waals surface area contributed by atoms with Gasteiger partial charge in [-0.15, -0.1) is 0 Å². The fraction of sp³-hybridized carbons (Fsp3) is 0.533. The van der Waals surface area contributed by atoms with E-state index in [2.05, 4.69) is 4.72 Å². The van der Waals surface area contributed by atoms with E-state index in [4.69, 9.17) is 10.5 Å². The Kier molecular flexibility index (Phi) is 9.11. The largest absolute Gasteiger partial charge is 0.385 e. The number of Topliss-reactive ketones (excluding diaryl/α,β-unsaturated/α-hetero) is 1. The van der Waals surface area contributed by atoms with E-state index < -0.39 is 0 Å². The van der Waals surface area contributed by atoms with Gasteiger partial charge in [-0.25, -0.2) is 0 Å². The van der Waals surface area contributed by atoms with Crippen LogP contribution in [0.15, 0.2) is 24.3 Å². The molecule has 0 amide bonds. The van der Waals surface area contributed by atoms with E-state index in [9.17, 15) is 4.79 Å². The lowest BCUT2D eigenvalue weighted by Crippen LogP contribution is -2.08. The molecule has 20 heavy (non-hydrogen) atoms. The van der Waals surface area contributed by atoms with Gasteiger partial charge in [0.2, 0.25) is 0 Å². The molecule has 0 aliphatic heterocycles. The third-order valence-electron chi connectivity index (χ3n) is 2.84. The van der Waals surface area contributed by atoms with Crippen LogP contribution in [0.4, 0.5) is 5.69 Å². The Morgan fingerprint density at radius 1 is 1.35 bits per heavy atom. The van der Waals surface area contributed by atoms with Crippen LogP contribution in [-0.2, 0) is 4.74 Å². The third kappa shape index (κ3) is 6.93. The van der Waals surface area contributed by atoms with Gasteiger partial charge in [-0.3, -0.25) is 4.79 Å². The minimum absolute atomic E-state index is 0.0979. The first-order valence-electron chi connectivity index (χ1n) is 6.98. The smallest absolute Gasteiger partial charge is 0.164 e. The Balaban J connectivity index is 2.26. The number of carbonyl (C=O) groups is 1. The molecule has 0 saturated heterocycles. The number of ether oxygens (including phenoxy) is 1. The number of nitrogens with one attached hydrogen (secondary N) is 1. The first-order chi connectivity index (χ1) is 9.77. The lowest BCUT2D eigenvalue weighted by atomic mass is 10.1. The number of hydrogen-bond donors (Lipinski definition) is 2. The van der Waals surface area contributed by atoms with Crippen LogP contribution in [0.2, 0.25) is 0 Å². The number of ketones is 1. The van der Waals surface area contributed by atoms with Crippen molar-refractivity contribution in [1.82, 2.24) is 0 Å². The fourth-order valence-corrected chi connectivity index (χ4v) is 2.51. The highest BCUT2D eigenvalue weighted by atomic mass is 32.2. The quantitative estimate of drug-likeness (QED) is 0.373. The van der Waals surface area contributed by atoms with E-state index in [1.54, 1.807) is 19.1 Å². The summed E-state index contributed by atoms with van der Waals surface area (Å²) in [6.07, 6.45) is 3.85. The topological polar surface area (TPSA) is 64.3 Å². The molecule has 1 aromatic rings. The maximum absolute atomic E-state index is 11.7. The standard InChI is InChI=1S/C15H24N2O2S/c1-19-10-3-2-4-11-20-17-14-7-5-6-13(12-14)15(18)8-9-16/h5-7,12,17H,2-4,8-11,16H2,1H3. The van der Waals surface area contributed by atoms with Crippen LogP contribution in [0, 0.1) is 0 Å². The molecule has 5 heteroatoms. The molecule has 0 radical (unpaired) electrons. The van der Waals surface area contributed by atoms with Crippen molar-refractivity contribution in [3.63, 3.8) is 0 Å². The van der Waals surface area contributed by atoms with Crippen LogP contribution >= 0.6 is 11.9 Å². The lowest BCUT2D eigenvalue weighted by Gasteiger charge is -2.07. The van der Waals surface area contributed by atoms with Gasteiger partial charge in [0.15, 0.2) is 5.78 Å². The molecule has 1 rings (SSSR count). The zero-order chi connectivity index (χ0) is 14.6. The molecule has 3 N–H and O–H groups in total. The van der Waals surface area contributed by atoms with Crippen LogP contribution in [0.3, 0.4) is 0 Å². The Hall–Kier alpha value is -1.04. The molecule has 0 spiro atoms. The average molecular weight is 296 g/mol. The number of anilines is 1. The van der Waals surface area contributed by atoms with Crippen LogP contribution in [0.5, 0.6) is 0 Å². The first-order valence-corrected chi connectivity index (χ1v) is 7.96. The molecule has 0 atom stereocenters. The van der Waals surface area contributed by atoms with E-state index in [-0.39, 0.29) is 5.78 Å². The molecule has 0 aliphatic rings. The molecule has 0 bridgehead atoms. The second kappa shape index (κ2) is 10.7. The van der Waals surface area contributed by atoms with Crippen molar-refractivity contribution >= 4 is 23.4 Å². The molecular weight excluding hydrogens is 272 g/mol. The van der Waals surface area contributed by atoms with Crippen molar-refractivity contribution in [2.24, 2.45) is 5.73 Å². The number of methoxy groups -OCH3 is 1. The van der Waals surface area contributed by atoms with Crippen molar-refractivity contribution in [2.75, 3.05) is 30.7 Å². The molecule has 1 aromatic carbocycles. The maximum atomic E-state index is 11.7. The van der Waals surface area contributed by atoms with Gasteiger partial charge in [-0.2, -0.15) is 0 Å². The predicted molar refractivity (Wildman–Crippen MR) is 86.3 cm³/mol. The second-order valence-corrected chi connectivity index (χ2v) is 5.45. The average Bonchev–Trinajstić information content (AvgIpc) is 2.47. The zero-order valence-corrected chi connectivity index (χ0v) is 12.9. The van der Waals surface area contributed by atoms with Crippen LogP contribution < -0.4 is 10.5 Å². The Labute approximate surface area is 125 Å². The summed E-state index contributed by atoms with van der Waals surface area (Å²) in [5.74, 6) is 1.14. The van der Waals surface area contributed by atoms with E-state index in [1.807, 2.05) is 24.3 Å². The van der Waals surface area contributed by atoms with Gasteiger partial charge in [0.25, 0.3) is 0 Å². The normalized spacial score (nSPS) is 10.5. The van der Waals surface area contributed by atoms with Gasteiger partial charge < -0.3 is 15.2 Å². The SMILES string of the molecule is COCCCCCSNc1cccc(C(=O)CCN)c1. The summed E-state index contributed by atoms with van der Waals surface area (Å²) in [6.45, 7) is 1.23. The molecule has 112 valence electrons.